The minimum atomic E-state index is -0.453. The lowest BCUT2D eigenvalue weighted by Gasteiger charge is -2.01. The summed E-state index contributed by atoms with van der Waals surface area (Å²) in [5, 5.41) is 0.325. The van der Waals surface area contributed by atoms with E-state index in [1.54, 1.807) is 11.6 Å². The summed E-state index contributed by atoms with van der Waals surface area (Å²) in [6.45, 7) is 0. The van der Waals surface area contributed by atoms with Crippen molar-refractivity contribution >= 4 is 28.7 Å². The zero-order valence-electron chi connectivity index (χ0n) is 8.11. The molecule has 0 N–H and O–H groups in total. The number of rotatable bonds is 3. The second kappa shape index (κ2) is 4.72. The van der Waals surface area contributed by atoms with E-state index in [1.165, 1.54) is 29.7 Å². The number of hydrogen-bond acceptors (Lipinski definition) is 3. The highest BCUT2D eigenvalue weighted by Gasteiger charge is 2.11. The van der Waals surface area contributed by atoms with Gasteiger partial charge < -0.3 is 0 Å². The number of benzene rings is 1. The van der Waals surface area contributed by atoms with Gasteiger partial charge in [0.1, 0.15) is 5.82 Å². The molecule has 0 bridgehead atoms. The normalized spacial score (nSPS) is 10.4. The Morgan fingerprint density at radius 1 is 1.50 bits per heavy atom. The van der Waals surface area contributed by atoms with Crippen molar-refractivity contribution in [3.05, 3.63) is 51.2 Å². The third-order valence-electron chi connectivity index (χ3n) is 2.07. The van der Waals surface area contributed by atoms with Gasteiger partial charge in [0, 0.05) is 17.6 Å². The van der Waals surface area contributed by atoms with Gasteiger partial charge >= 0.3 is 0 Å². The van der Waals surface area contributed by atoms with Crippen LogP contribution in [0.1, 0.15) is 15.2 Å². The second-order valence-corrected chi connectivity index (χ2v) is 4.52. The van der Waals surface area contributed by atoms with Crippen molar-refractivity contribution in [2.24, 2.45) is 0 Å². The molecule has 0 unspecified atom stereocenters. The topological polar surface area (TPSA) is 30.0 Å². The van der Waals surface area contributed by atoms with Crippen molar-refractivity contribution in [3.8, 4) is 0 Å². The Kier molecular flexibility index (Phi) is 3.31. The number of Topliss-reactive ketones (excluding diaryl/α,β-unsaturated/α-hetero) is 1. The summed E-state index contributed by atoms with van der Waals surface area (Å²) in [6.07, 6.45) is 1.52. The third kappa shape index (κ3) is 2.46. The van der Waals surface area contributed by atoms with Crippen LogP contribution in [0, 0.1) is 5.82 Å². The van der Waals surface area contributed by atoms with E-state index in [1.807, 2.05) is 0 Å². The van der Waals surface area contributed by atoms with Crippen LogP contribution < -0.4 is 0 Å². The fourth-order valence-electron chi connectivity index (χ4n) is 1.28. The summed E-state index contributed by atoms with van der Waals surface area (Å²) in [7, 11) is 0. The highest BCUT2D eigenvalue weighted by atomic mass is 35.5. The Hall–Kier alpha value is -1.26. The molecular weight excluding hydrogens is 249 g/mol. The highest BCUT2D eigenvalue weighted by Crippen LogP contribution is 2.17. The average Bonchev–Trinajstić information content (AvgIpc) is 2.75. The summed E-state index contributed by atoms with van der Waals surface area (Å²) >= 11 is 6.87. The van der Waals surface area contributed by atoms with E-state index >= 15 is 0 Å². The molecule has 0 aliphatic rings. The largest absolute Gasteiger partial charge is 0.293 e. The van der Waals surface area contributed by atoms with Gasteiger partial charge in [-0.05, 0) is 17.7 Å². The van der Waals surface area contributed by atoms with Crippen molar-refractivity contribution in [1.29, 1.82) is 0 Å². The molecule has 16 heavy (non-hydrogen) atoms. The van der Waals surface area contributed by atoms with Gasteiger partial charge in [-0.15, -0.1) is 11.3 Å². The van der Waals surface area contributed by atoms with E-state index in [0.29, 0.717) is 15.5 Å². The van der Waals surface area contributed by atoms with Crippen LogP contribution in [0.4, 0.5) is 4.39 Å². The van der Waals surface area contributed by atoms with Gasteiger partial charge in [0.05, 0.1) is 10.4 Å². The Morgan fingerprint density at radius 2 is 2.31 bits per heavy atom. The number of halogens is 2. The predicted octanol–water partition coefficient (Wildman–Crippen LogP) is 3.36. The second-order valence-electron chi connectivity index (χ2n) is 3.20. The van der Waals surface area contributed by atoms with Gasteiger partial charge in [-0.3, -0.25) is 9.78 Å². The van der Waals surface area contributed by atoms with Crippen LogP contribution in [0.15, 0.2) is 29.9 Å². The monoisotopic (exact) mass is 255 g/mol. The number of ketones is 1. The zero-order valence-corrected chi connectivity index (χ0v) is 9.69. The summed E-state index contributed by atoms with van der Waals surface area (Å²) in [6, 6.07) is 4.30. The molecule has 1 aromatic heterocycles. The molecule has 0 radical (unpaired) electrons. The third-order valence-corrected chi connectivity index (χ3v) is 3.12. The van der Waals surface area contributed by atoms with Crippen molar-refractivity contribution in [2.75, 3.05) is 0 Å². The van der Waals surface area contributed by atoms with Gasteiger partial charge in [0.15, 0.2) is 5.78 Å². The Morgan fingerprint density at radius 3 is 2.94 bits per heavy atom. The van der Waals surface area contributed by atoms with E-state index in [2.05, 4.69) is 4.98 Å². The molecule has 0 amide bonds. The minimum absolute atomic E-state index is 0.0329. The molecule has 0 aliphatic carbocycles. The van der Waals surface area contributed by atoms with Gasteiger partial charge in [-0.25, -0.2) is 4.39 Å². The number of carbonyl (C=O) groups is 1. The van der Waals surface area contributed by atoms with Crippen LogP contribution in [0.3, 0.4) is 0 Å². The van der Waals surface area contributed by atoms with E-state index in [4.69, 9.17) is 11.6 Å². The minimum Gasteiger partial charge on any atom is -0.293 e. The molecule has 0 spiro atoms. The highest BCUT2D eigenvalue weighted by molar-refractivity contribution is 7.11. The van der Waals surface area contributed by atoms with Crippen molar-refractivity contribution in [3.63, 3.8) is 0 Å². The van der Waals surface area contributed by atoms with Crippen LogP contribution in [0.25, 0.3) is 0 Å². The first-order chi connectivity index (χ1) is 7.66. The summed E-state index contributed by atoms with van der Waals surface area (Å²) < 4.78 is 13.4. The first-order valence-electron chi connectivity index (χ1n) is 4.52. The molecule has 5 heteroatoms. The standard InChI is InChI=1S/C11H7ClFNOS/c12-8-2-1-7(9(13)4-8)3-10(15)11-5-14-6-16-11/h1-2,4-6H,3H2. The fraction of sp³-hybridized carbons (Fsp3) is 0.0909. The lowest BCUT2D eigenvalue weighted by molar-refractivity contribution is 0.0995. The molecule has 2 nitrogen and oxygen atoms in total. The number of hydrogen-bond donors (Lipinski definition) is 0. The molecule has 0 fully saturated rings. The molecule has 2 rings (SSSR count). The first-order valence-corrected chi connectivity index (χ1v) is 5.78. The van der Waals surface area contributed by atoms with Crippen LogP contribution >= 0.6 is 22.9 Å². The maximum atomic E-state index is 13.4. The van der Waals surface area contributed by atoms with Crippen molar-refractivity contribution in [2.45, 2.75) is 6.42 Å². The average molecular weight is 256 g/mol. The van der Waals surface area contributed by atoms with Crippen LogP contribution in [0.2, 0.25) is 5.02 Å². The van der Waals surface area contributed by atoms with E-state index in [9.17, 15) is 9.18 Å². The fourth-order valence-corrected chi connectivity index (χ4v) is 2.00. The Labute approximate surface area is 101 Å². The number of carbonyl (C=O) groups excluding carboxylic acids is 1. The number of thiazole rings is 1. The van der Waals surface area contributed by atoms with Crippen molar-refractivity contribution < 1.29 is 9.18 Å². The maximum absolute atomic E-state index is 13.4. The van der Waals surface area contributed by atoms with Crippen LogP contribution in [0.5, 0.6) is 0 Å². The van der Waals surface area contributed by atoms with E-state index in [0.717, 1.165) is 0 Å². The molecular formula is C11H7ClFNOS. The summed E-state index contributed by atoms with van der Waals surface area (Å²) in [5.41, 5.74) is 1.92. The zero-order chi connectivity index (χ0) is 11.5. The molecule has 1 aromatic carbocycles. The lowest BCUT2D eigenvalue weighted by Crippen LogP contribution is -2.03. The van der Waals surface area contributed by atoms with Crippen molar-refractivity contribution in [1.82, 2.24) is 4.98 Å². The smallest absolute Gasteiger partial charge is 0.178 e. The van der Waals surface area contributed by atoms with Crippen LogP contribution in [-0.4, -0.2) is 10.8 Å². The molecule has 0 aliphatic heterocycles. The van der Waals surface area contributed by atoms with Gasteiger partial charge in [0.2, 0.25) is 0 Å². The molecule has 0 atom stereocenters. The Balaban J connectivity index is 2.18. The first kappa shape index (κ1) is 11.2. The lowest BCUT2D eigenvalue weighted by atomic mass is 10.1. The van der Waals surface area contributed by atoms with Gasteiger partial charge in [-0.2, -0.15) is 0 Å². The van der Waals surface area contributed by atoms with E-state index in [-0.39, 0.29) is 12.2 Å². The summed E-state index contributed by atoms with van der Waals surface area (Å²) in [5.74, 6) is -0.589. The van der Waals surface area contributed by atoms with Crippen LogP contribution in [-0.2, 0) is 6.42 Å². The molecule has 2 aromatic rings. The van der Waals surface area contributed by atoms with Gasteiger partial charge in [0.25, 0.3) is 0 Å². The quantitative estimate of drug-likeness (QED) is 0.787. The van der Waals surface area contributed by atoms with E-state index < -0.39 is 5.82 Å². The summed E-state index contributed by atoms with van der Waals surface area (Å²) in [4.78, 5) is 16.0. The predicted molar refractivity (Wildman–Crippen MR) is 61.6 cm³/mol. The molecule has 0 saturated heterocycles. The molecule has 0 saturated carbocycles. The van der Waals surface area contributed by atoms with Gasteiger partial charge in [-0.1, -0.05) is 17.7 Å². The number of nitrogens with zero attached hydrogens (tertiary/aromatic N) is 1. The molecule has 1 heterocycles. The maximum Gasteiger partial charge on any atom is 0.178 e. The SMILES string of the molecule is O=C(Cc1ccc(Cl)cc1F)c1cncs1. The number of aromatic nitrogens is 1. The molecule has 82 valence electrons. The Bertz CT molecular complexity index is 513.